The average molecular weight is 501 g/mol. The maximum absolute atomic E-state index is 15.0. The standard InChI is InChI=1S/C24H29FN6O5/c1-3-35-23(33)13-27-8-9-30(15-26)22-7-4-17(11-29-22)20-6-5-18(10-21(20)25)31-14-19(36-24(31)34)12-28-16(2)32/h4-7,10-11,15,19,26-27H,3,8-9,12-14H2,1-2H3,(H,28,32)/t19-/m0/s1. The van der Waals surface area contributed by atoms with Gasteiger partial charge in [-0.3, -0.25) is 19.9 Å². The van der Waals surface area contributed by atoms with Crippen LogP contribution in [-0.2, 0) is 19.1 Å². The number of carbonyl (C=O) groups excluding carboxylic acids is 3. The van der Waals surface area contributed by atoms with Gasteiger partial charge in [0.1, 0.15) is 17.7 Å². The highest BCUT2D eigenvalue weighted by molar-refractivity contribution is 5.90. The molecule has 12 heteroatoms. The Kier molecular flexibility index (Phi) is 9.28. The summed E-state index contributed by atoms with van der Waals surface area (Å²) in [6.07, 6.45) is 1.51. The zero-order valence-corrected chi connectivity index (χ0v) is 20.1. The van der Waals surface area contributed by atoms with Crippen molar-refractivity contribution in [2.75, 3.05) is 49.1 Å². The lowest BCUT2D eigenvalue weighted by atomic mass is 10.1. The van der Waals surface area contributed by atoms with Gasteiger partial charge in [0, 0.05) is 37.3 Å². The van der Waals surface area contributed by atoms with Crippen molar-refractivity contribution >= 4 is 35.8 Å². The molecular formula is C24H29FN6O5. The number of cyclic esters (lactones) is 1. The number of carbonyl (C=O) groups is 3. The van der Waals surface area contributed by atoms with E-state index in [0.29, 0.717) is 42.3 Å². The van der Waals surface area contributed by atoms with E-state index in [1.165, 1.54) is 24.1 Å². The number of benzene rings is 1. The quantitative estimate of drug-likeness (QED) is 0.174. The predicted octanol–water partition coefficient (Wildman–Crippen LogP) is 1.92. The van der Waals surface area contributed by atoms with Crippen LogP contribution >= 0.6 is 0 Å². The number of rotatable bonds is 12. The molecule has 1 aliphatic heterocycles. The number of aromatic nitrogens is 1. The first-order valence-electron chi connectivity index (χ1n) is 11.4. The van der Waals surface area contributed by atoms with Crippen LogP contribution in [0.3, 0.4) is 0 Å². The van der Waals surface area contributed by atoms with Gasteiger partial charge < -0.3 is 25.0 Å². The minimum absolute atomic E-state index is 0.0758. The Morgan fingerprint density at radius 3 is 2.81 bits per heavy atom. The van der Waals surface area contributed by atoms with Crippen molar-refractivity contribution in [3.63, 3.8) is 0 Å². The number of ether oxygens (including phenoxy) is 2. The SMILES string of the molecule is CCOC(=O)CNCCN(C=N)c1ccc(-c2ccc(N3C[C@H](CNC(C)=O)OC3=O)cc2F)cn1. The summed E-state index contributed by atoms with van der Waals surface area (Å²) >= 11 is 0. The first-order chi connectivity index (χ1) is 17.3. The molecule has 2 amide bonds. The maximum atomic E-state index is 15.0. The molecule has 1 aromatic heterocycles. The van der Waals surface area contributed by atoms with Crippen molar-refractivity contribution in [2.45, 2.75) is 20.0 Å². The summed E-state index contributed by atoms with van der Waals surface area (Å²) in [5.41, 5.74) is 1.18. The van der Waals surface area contributed by atoms with Gasteiger partial charge in [0.05, 0.1) is 38.3 Å². The van der Waals surface area contributed by atoms with Crippen LogP contribution in [0, 0.1) is 11.2 Å². The molecule has 1 saturated heterocycles. The topological polar surface area (TPSA) is 137 Å². The minimum atomic E-state index is -0.605. The summed E-state index contributed by atoms with van der Waals surface area (Å²) in [4.78, 5) is 41.9. The summed E-state index contributed by atoms with van der Waals surface area (Å²) in [6.45, 7) is 4.71. The Balaban J connectivity index is 1.62. The fourth-order valence-electron chi connectivity index (χ4n) is 3.56. The predicted molar refractivity (Wildman–Crippen MR) is 132 cm³/mol. The van der Waals surface area contributed by atoms with Gasteiger partial charge in [0.15, 0.2) is 0 Å². The van der Waals surface area contributed by atoms with Crippen molar-refractivity contribution < 1.29 is 28.2 Å². The van der Waals surface area contributed by atoms with Crippen molar-refractivity contribution in [1.82, 2.24) is 15.6 Å². The molecule has 36 heavy (non-hydrogen) atoms. The lowest BCUT2D eigenvalue weighted by Crippen LogP contribution is -2.34. The smallest absolute Gasteiger partial charge is 0.414 e. The highest BCUT2D eigenvalue weighted by Gasteiger charge is 2.32. The molecular weight excluding hydrogens is 471 g/mol. The van der Waals surface area contributed by atoms with E-state index in [1.807, 2.05) is 0 Å². The molecule has 0 bridgehead atoms. The number of hydrogen-bond acceptors (Lipinski definition) is 8. The van der Waals surface area contributed by atoms with Crippen LogP contribution in [0.1, 0.15) is 13.8 Å². The van der Waals surface area contributed by atoms with Gasteiger partial charge >= 0.3 is 12.1 Å². The molecule has 1 aromatic carbocycles. The molecule has 2 aromatic rings. The highest BCUT2D eigenvalue weighted by Crippen LogP contribution is 2.29. The van der Waals surface area contributed by atoms with Crippen molar-refractivity contribution in [1.29, 1.82) is 5.41 Å². The number of anilines is 2. The van der Waals surface area contributed by atoms with E-state index in [4.69, 9.17) is 14.9 Å². The Bertz CT molecular complexity index is 1100. The number of nitrogens with one attached hydrogen (secondary N) is 3. The average Bonchev–Trinajstić information content (AvgIpc) is 3.23. The van der Waals surface area contributed by atoms with Crippen molar-refractivity contribution in [3.05, 3.63) is 42.3 Å². The first kappa shape index (κ1) is 26.5. The molecule has 0 unspecified atom stereocenters. The molecule has 2 heterocycles. The number of hydrogen-bond donors (Lipinski definition) is 3. The fraction of sp³-hybridized carbons (Fsp3) is 0.375. The molecule has 1 aliphatic rings. The number of pyridine rings is 1. The number of esters is 1. The lowest BCUT2D eigenvalue weighted by molar-refractivity contribution is -0.142. The summed E-state index contributed by atoms with van der Waals surface area (Å²) in [6, 6.07) is 7.79. The lowest BCUT2D eigenvalue weighted by Gasteiger charge is -2.18. The zero-order chi connectivity index (χ0) is 26.1. The summed E-state index contributed by atoms with van der Waals surface area (Å²) in [7, 11) is 0. The van der Waals surface area contributed by atoms with Crippen LogP contribution in [-0.4, -0.2) is 74.7 Å². The Hall–Kier alpha value is -4.06. The molecule has 11 nitrogen and oxygen atoms in total. The van der Waals surface area contributed by atoms with Crippen LogP contribution in [0.4, 0.5) is 20.7 Å². The van der Waals surface area contributed by atoms with Gasteiger partial charge in [0.2, 0.25) is 5.91 Å². The van der Waals surface area contributed by atoms with E-state index in [-0.39, 0.29) is 31.5 Å². The van der Waals surface area contributed by atoms with Gasteiger partial charge in [-0.05, 0) is 37.3 Å². The normalized spacial score (nSPS) is 14.8. The van der Waals surface area contributed by atoms with Crippen molar-refractivity contribution in [3.8, 4) is 11.1 Å². The second kappa shape index (κ2) is 12.6. The Labute approximate surface area is 208 Å². The molecule has 0 saturated carbocycles. The second-order valence-corrected chi connectivity index (χ2v) is 7.93. The van der Waals surface area contributed by atoms with Gasteiger partial charge in [-0.1, -0.05) is 0 Å². The van der Waals surface area contributed by atoms with Crippen LogP contribution in [0.15, 0.2) is 36.5 Å². The molecule has 0 radical (unpaired) electrons. The Morgan fingerprint density at radius 1 is 1.36 bits per heavy atom. The van der Waals surface area contributed by atoms with Gasteiger partial charge in [-0.25, -0.2) is 14.2 Å². The monoisotopic (exact) mass is 500 g/mol. The molecule has 192 valence electrons. The first-order valence-corrected chi connectivity index (χ1v) is 11.4. The second-order valence-electron chi connectivity index (χ2n) is 7.93. The summed E-state index contributed by atoms with van der Waals surface area (Å²) < 4.78 is 25.0. The molecule has 3 N–H and O–H groups in total. The van der Waals surface area contributed by atoms with E-state index in [9.17, 15) is 18.8 Å². The van der Waals surface area contributed by atoms with Crippen molar-refractivity contribution in [2.24, 2.45) is 0 Å². The number of halogens is 1. The summed E-state index contributed by atoms with van der Waals surface area (Å²) in [5, 5.41) is 13.2. The number of nitrogens with zero attached hydrogens (tertiary/aromatic N) is 3. The van der Waals surface area contributed by atoms with Gasteiger partial charge in [0.25, 0.3) is 0 Å². The largest absolute Gasteiger partial charge is 0.465 e. The minimum Gasteiger partial charge on any atom is -0.465 e. The third-order valence-electron chi connectivity index (χ3n) is 5.33. The van der Waals surface area contributed by atoms with E-state index >= 15 is 0 Å². The van der Waals surface area contributed by atoms with E-state index < -0.39 is 18.0 Å². The van der Waals surface area contributed by atoms with E-state index in [2.05, 4.69) is 15.6 Å². The highest BCUT2D eigenvalue weighted by atomic mass is 19.1. The van der Waals surface area contributed by atoms with Crippen LogP contribution in [0.25, 0.3) is 11.1 Å². The zero-order valence-electron chi connectivity index (χ0n) is 20.1. The molecule has 1 fully saturated rings. The maximum Gasteiger partial charge on any atom is 0.414 e. The molecule has 0 spiro atoms. The van der Waals surface area contributed by atoms with Crippen LogP contribution < -0.4 is 20.4 Å². The molecule has 0 aliphatic carbocycles. The summed E-state index contributed by atoms with van der Waals surface area (Å²) in [5.74, 6) is -0.615. The fourth-order valence-corrected chi connectivity index (χ4v) is 3.56. The van der Waals surface area contributed by atoms with Gasteiger partial charge in [-0.15, -0.1) is 0 Å². The number of amides is 2. The van der Waals surface area contributed by atoms with Gasteiger partial charge in [-0.2, -0.15) is 0 Å². The third-order valence-corrected chi connectivity index (χ3v) is 5.33. The Morgan fingerprint density at radius 2 is 2.17 bits per heavy atom. The van der Waals surface area contributed by atoms with Crippen LogP contribution in [0.2, 0.25) is 0 Å². The molecule has 3 rings (SSSR count). The van der Waals surface area contributed by atoms with E-state index in [0.717, 1.165) is 6.34 Å². The third kappa shape index (κ3) is 6.98. The molecule has 1 atom stereocenters. The van der Waals surface area contributed by atoms with Crippen LogP contribution in [0.5, 0.6) is 0 Å². The van der Waals surface area contributed by atoms with E-state index in [1.54, 1.807) is 36.1 Å².